The first-order valence-electron chi connectivity index (χ1n) is 9.02. The number of nitrogens with two attached hydrogens (primary N) is 1. The minimum absolute atomic E-state index is 0.320. The van der Waals surface area contributed by atoms with Crippen LogP contribution in [0.15, 0.2) is 36.4 Å². The molecule has 0 saturated carbocycles. The van der Waals surface area contributed by atoms with Crippen molar-refractivity contribution in [1.82, 2.24) is 5.32 Å². The van der Waals surface area contributed by atoms with Gasteiger partial charge >= 0.3 is 6.03 Å². The molecule has 0 fully saturated rings. The van der Waals surface area contributed by atoms with E-state index in [0.29, 0.717) is 54.0 Å². The van der Waals surface area contributed by atoms with E-state index in [4.69, 9.17) is 19.9 Å². The molecule has 0 aliphatic carbocycles. The minimum Gasteiger partial charge on any atom is -0.490 e. The summed E-state index contributed by atoms with van der Waals surface area (Å²) in [6.45, 7) is 6.80. The van der Waals surface area contributed by atoms with E-state index >= 15 is 0 Å². The standard InChI is InChI=1S/C20H25N3O5/c1-4-26-16-11-15(12-17(27-5-2)18(16)28-6-3)22-20(25)23-19(24)13-7-9-14(21)10-8-13/h7-12H,4-6,21H2,1-3H3,(H2,22,23,24,25). The molecular weight excluding hydrogens is 362 g/mol. The average Bonchev–Trinajstić information content (AvgIpc) is 2.65. The fourth-order valence-electron chi connectivity index (χ4n) is 2.43. The summed E-state index contributed by atoms with van der Waals surface area (Å²) in [7, 11) is 0. The molecule has 2 aromatic carbocycles. The summed E-state index contributed by atoms with van der Waals surface area (Å²) in [6, 6.07) is 8.79. The molecule has 0 heterocycles. The summed E-state index contributed by atoms with van der Waals surface area (Å²) in [5.41, 5.74) is 6.85. The molecule has 8 heteroatoms. The van der Waals surface area contributed by atoms with Gasteiger partial charge in [0.15, 0.2) is 11.5 Å². The van der Waals surface area contributed by atoms with E-state index < -0.39 is 11.9 Å². The number of urea groups is 1. The first-order valence-corrected chi connectivity index (χ1v) is 9.02. The van der Waals surface area contributed by atoms with Crippen molar-refractivity contribution in [2.45, 2.75) is 20.8 Å². The predicted molar refractivity (Wildman–Crippen MR) is 107 cm³/mol. The zero-order valence-electron chi connectivity index (χ0n) is 16.2. The van der Waals surface area contributed by atoms with Crippen molar-refractivity contribution >= 4 is 23.3 Å². The maximum absolute atomic E-state index is 12.2. The summed E-state index contributed by atoms with van der Waals surface area (Å²) in [5, 5.41) is 4.87. The number of nitrogen functional groups attached to an aromatic ring is 1. The number of imide groups is 1. The van der Waals surface area contributed by atoms with Gasteiger partial charge < -0.3 is 25.3 Å². The van der Waals surface area contributed by atoms with Crippen LogP contribution in [0.5, 0.6) is 17.2 Å². The molecule has 3 amide bonds. The van der Waals surface area contributed by atoms with E-state index in [2.05, 4.69) is 10.6 Å². The molecule has 28 heavy (non-hydrogen) atoms. The van der Waals surface area contributed by atoms with Crippen molar-refractivity contribution in [2.75, 3.05) is 30.9 Å². The third kappa shape index (κ3) is 5.54. The van der Waals surface area contributed by atoms with Crippen LogP contribution in [0.3, 0.4) is 0 Å². The number of hydrogen-bond donors (Lipinski definition) is 3. The van der Waals surface area contributed by atoms with Crippen LogP contribution >= 0.6 is 0 Å². The van der Waals surface area contributed by atoms with Crippen molar-refractivity contribution in [3.8, 4) is 17.2 Å². The maximum Gasteiger partial charge on any atom is 0.326 e. The molecule has 2 rings (SSSR count). The van der Waals surface area contributed by atoms with Crippen molar-refractivity contribution in [3.63, 3.8) is 0 Å². The number of carbonyl (C=O) groups excluding carboxylic acids is 2. The van der Waals surface area contributed by atoms with Crippen LogP contribution in [-0.2, 0) is 0 Å². The average molecular weight is 387 g/mol. The van der Waals surface area contributed by atoms with Gasteiger partial charge in [-0.15, -0.1) is 0 Å². The third-order valence-corrected chi connectivity index (χ3v) is 3.57. The van der Waals surface area contributed by atoms with Gasteiger partial charge in [-0.1, -0.05) is 0 Å². The Labute approximate surface area is 164 Å². The van der Waals surface area contributed by atoms with E-state index in [9.17, 15) is 9.59 Å². The highest BCUT2D eigenvalue weighted by atomic mass is 16.5. The van der Waals surface area contributed by atoms with Gasteiger partial charge in [0.05, 0.1) is 25.5 Å². The largest absolute Gasteiger partial charge is 0.490 e. The Hall–Kier alpha value is -3.42. The molecule has 8 nitrogen and oxygen atoms in total. The molecule has 150 valence electrons. The topological polar surface area (TPSA) is 112 Å². The van der Waals surface area contributed by atoms with Crippen molar-refractivity contribution in [3.05, 3.63) is 42.0 Å². The molecule has 4 N–H and O–H groups in total. The van der Waals surface area contributed by atoms with Crippen molar-refractivity contribution in [2.24, 2.45) is 0 Å². The van der Waals surface area contributed by atoms with Gasteiger partial charge in [-0.2, -0.15) is 0 Å². The fraction of sp³-hybridized carbons (Fsp3) is 0.300. The number of carbonyl (C=O) groups is 2. The normalized spacial score (nSPS) is 10.1. The fourth-order valence-corrected chi connectivity index (χ4v) is 2.43. The van der Waals surface area contributed by atoms with Gasteiger partial charge in [0.2, 0.25) is 5.75 Å². The van der Waals surface area contributed by atoms with Gasteiger partial charge in [0.25, 0.3) is 5.91 Å². The lowest BCUT2D eigenvalue weighted by Crippen LogP contribution is -2.34. The highest BCUT2D eigenvalue weighted by molar-refractivity contribution is 6.08. The smallest absolute Gasteiger partial charge is 0.326 e. The molecule has 2 aromatic rings. The Morgan fingerprint density at radius 2 is 1.43 bits per heavy atom. The van der Waals surface area contributed by atoms with Crippen LogP contribution in [0.1, 0.15) is 31.1 Å². The summed E-state index contributed by atoms with van der Waals surface area (Å²) in [4.78, 5) is 24.4. The van der Waals surface area contributed by atoms with E-state index in [1.807, 2.05) is 20.8 Å². The molecule has 0 aromatic heterocycles. The number of ether oxygens (including phenoxy) is 3. The van der Waals surface area contributed by atoms with Crippen molar-refractivity contribution < 1.29 is 23.8 Å². The number of amides is 3. The molecular formula is C20H25N3O5. The van der Waals surface area contributed by atoms with Crippen LogP contribution in [0.4, 0.5) is 16.2 Å². The van der Waals surface area contributed by atoms with E-state index in [-0.39, 0.29) is 0 Å². The Kier molecular flexibility index (Phi) is 7.50. The zero-order chi connectivity index (χ0) is 20.5. The van der Waals surface area contributed by atoms with E-state index in [1.165, 1.54) is 12.1 Å². The van der Waals surface area contributed by atoms with Crippen LogP contribution in [0.25, 0.3) is 0 Å². The summed E-state index contributed by atoms with van der Waals surface area (Å²) in [6.07, 6.45) is 0. The molecule has 0 bridgehead atoms. The molecule has 0 aliphatic heterocycles. The number of rotatable bonds is 8. The number of nitrogens with one attached hydrogen (secondary N) is 2. The molecule has 0 unspecified atom stereocenters. The highest BCUT2D eigenvalue weighted by Crippen LogP contribution is 2.40. The number of anilines is 2. The van der Waals surface area contributed by atoms with Gasteiger partial charge in [0, 0.05) is 23.4 Å². The quantitative estimate of drug-likeness (QED) is 0.598. The van der Waals surface area contributed by atoms with Gasteiger partial charge in [-0.05, 0) is 45.0 Å². The molecule has 0 saturated heterocycles. The monoisotopic (exact) mass is 387 g/mol. The van der Waals surface area contributed by atoms with E-state index in [0.717, 1.165) is 0 Å². The van der Waals surface area contributed by atoms with Crippen molar-refractivity contribution in [1.29, 1.82) is 0 Å². The Bertz CT molecular complexity index is 794. The second kappa shape index (κ2) is 10.1. The summed E-state index contributed by atoms with van der Waals surface area (Å²) in [5.74, 6) is 0.805. The SMILES string of the molecule is CCOc1cc(NC(=O)NC(=O)c2ccc(N)cc2)cc(OCC)c1OCC. The third-order valence-electron chi connectivity index (χ3n) is 3.57. The Balaban J connectivity index is 2.18. The lowest BCUT2D eigenvalue weighted by atomic mass is 10.2. The van der Waals surface area contributed by atoms with Gasteiger partial charge in [0.1, 0.15) is 0 Å². The second-order valence-corrected chi connectivity index (χ2v) is 5.63. The van der Waals surface area contributed by atoms with E-state index in [1.54, 1.807) is 24.3 Å². The maximum atomic E-state index is 12.2. The van der Waals surface area contributed by atoms with Crippen LogP contribution in [-0.4, -0.2) is 31.8 Å². The predicted octanol–water partition coefficient (Wildman–Crippen LogP) is 3.43. The molecule has 0 atom stereocenters. The van der Waals surface area contributed by atoms with Gasteiger partial charge in [-0.3, -0.25) is 10.1 Å². The summed E-state index contributed by atoms with van der Waals surface area (Å²) < 4.78 is 16.8. The number of benzene rings is 2. The molecule has 0 spiro atoms. The lowest BCUT2D eigenvalue weighted by molar-refractivity contribution is 0.0967. The molecule has 0 aliphatic rings. The first-order chi connectivity index (χ1) is 13.5. The highest BCUT2D eigenvalue weighted by Gasteiger charge is 2.17. The van der Waals surface area contributed by atoms with Crippen LogP contribution < -0.4 is 30.6 Å². The Morgan fingerprint density at radius 1 is 0.893 bits per heavy atom. The zero-order valence-corrected chi connectivity index (χ0v) is 16.2. The lowest BCUT2D eigenvalue weighted by Gasteiger charge is -2.17. The van der Waals surface area contributed by atoms with Gasteiger partial charge in [-0.25, -0.2) is 4.79 Å². The Morgan fingerprint density at radius 3 is 1.93 bits per heavy atom. The number of hydrogen-bond acceptors (Lipinski definition) is 6. The van der Waals surface area contributed by atoms with Crippen LogP contribution in [0, 0.1) is 0 Å². The summed E-state index contributed by atoms with van der Waals surface area (Å²) >= 11 is 0. The minimum atomic E-state index is -0.684. The molecule has 0 radical (unpaired) electrons. The van der Waals surface area contributed by atoms with Crippen LogP contribution in [0.2, 0.25) is 0 Å². The first kappa shape index (κ1) is 20.9. The second-order valence-electron chi connectivity index (χ2n) is 5.63.